The molecule has 1 unspecified atom stereocenters. The summed E-state index contributed by atoms with van der Waals surface area (Å²) >= 11 is 0. The lowest BCUT2D eigenvalue weighted by molar-refractivity contribution is 0.258. The first kappa shape index (κ1) is 17.3. The summed E-state index contributed by atoms with van der Waals surface area (Å²) in [6, 6.07) is 13.6. The van der Waals surface area contributed by atoms with E-state index in [9.17, 15) is 0 Å². The summed E-state index contributed by atoms with van der Waals surface area (Å²) in [5.41, 5.74) is 1.57. The highest BCUT2D eigenvalue weighted by Crippen LogP contribution is 2.24. The third-order valence-corrected chi connectivity index (χ3v) is 4.21. The van der Waals surface area contributed by atoms with Gasteiger partial charge in [-0.2, -0.15) is 15.8 Å². The second kappa shape index (κ2) is 8.02. The van der Waals surface area contributed by atoms with Crippen LogP contribution >= 0.6 is 0 Å². The molecular weight excluding hydrogens is 300 g/mol. The van der Waals surface area contributed by atoms with Crippen LogP contribution < -0.4 is 10.2 Å². The van der Waals surface area contributed by atoms with Gasteiger partial charge in [0.25, 0.3) is 0 Å². The van der Waals surface area contributed by atoms with Gasteiger partial charge in [-0.15, -0.1) is 0 Å². The number of hydrogen-bond donors (Lipinski definition) is 1. The molecule has 6 heteroatoms. The number of nitrogens with one attached hydrogen (secondary N) is 1. The number of likely N-dealkylation sites (N-methyl/N-ethyl adjacent to an activating group) is 1. The molecule has 1 N–H and O–H groups in total. The van der Waals surface area contributed by atoms with E-state index in [0.717, 1.165) is 25.2 Å². The Bertz CT molecular complexity index is 711. The van der Waals surface area contributed by atoms with Crippen LogP contribution in [0, 0.1) is 34.0 Å². The summed E-state index contributed by atoms with van der Waals surface area (Å²) in [5, 5.41) is 29.6. The Hall–Kier alpha value is -3.01. The highest BCUT2D eigenvalue weighted by molar-refractivity contribution is 5.61. The summed E-state index contributed by atoms with van der Waals surface area (Å²) in [7, 11) is 4.22. The van der Waals surface area contributed by atoms with E-state index in [1.54, 1.807) is 12.1 Å². The second-order valence-corrected chi connectivity index (χ2v) is 5.96. The lowest BCUT2D eigenvalue weighted by Crippen LogP contribution is -2.45. The molecule has 1 fully saturated rings. The predicted octanol–water partition coefficient (Wildman–Crippen LogP) is 2.45. The third kappa shape index (κ3) is 4.04. The van der Waals surface area contributed by atoms with E-state index in [1.165, 1.54) is 6.42 Å². The Morgan fingerprint density at radius 3 is 2.33 bits per heavy atom. The van der Waals surface area contributed by atoms with E-state index in [1.807, 2.05) is 30.3 Å². The van der Waals surface area contributed by atoms with Gasteiger partial charge in [0.15, 0.2) is 5.57 Å². The molecule has 122 valence electrons. The zero-order valence-corrected chi connectivity index (χ0v) is 14.0. The molecule has 1 saturated heterocycles. The van der Waals surface area contributed by atoms with Crippen molar-refractivity contribution in [3.8, 4) is 18.2 Å². The van der Waals surface area contributed by atoms with Crippen LogP contribution in [-0.2, 0) is 0 Å². The summed E-state index contributed by atoms with van der Waals surface area (Å²) in [6.07, 6.45) is 2.38. The van der Waals surface area contributed by atoms with Crippen LogP contribution in [0.25, 0.3) is 0 Å². The molecule has 0 spiro atoms. The Balaban J connectivity index is 2.12. The maximum Gasteiger partial charge on any atom is 0.163 e. The molecule has 24 heavy (non-hydrogen) atoms. The minimum Gasteiger partial charge on any atom is -0.370 e. The van der Waals surface area contributed by atoms with Gasteiger partial charge in [0.05, 0.1) is 0 Å². The van der Waals surface area contributed by atoms with E-state index in [0.29, 0.717) is 11.7 Å². The first-order valence-electron chi connectivity index (χ1n) is 7.82. The van der Waals surface area contributed by atoms with Crippen molar-refractivity contribution in [3.05, 3.63) is 35.5 Å². The quantitative estimate of drug-likeness (QED) is 0.857. The fraction of sp³-hybridized carbons (Fsp3) is 0.389. The molecule has 1 aromatic carbocycles. The average molecular weight is 320 g/mol. The summed E-state index contributed by atoms with van der Waals surface area (Å²) in [6.45, 7) is 2.03. The van der Waals surface area contributed by atoms with Gasteiger partial charge in [0.2, 0.25) is 0 Å². The Labute approximate surface area is 142 Å². The van der Waals surface area contributed by atoms with Gasteiger partial charge in [-0.25, -0.2) is 0 Å². The molecule has 0 amide bonds. The molecule has 1 heterocycles. The minimum absolute atomic E-state index is 0.0293. The lowest BCUT2D eigenvalue weighted by atomic mass is 10.0. The number of piperidine rings is 1. The second-order valence-electron chi connectivity index (χ2n) is 5.96. The maximum atomic E-state index is 9.07. The van der Waals surface area contributed by atoms with E-state index in [-0.39, 0.29) is 11.3 Å². The third-order valence-electron chi connectivity index (χ3n) is 4.21. The summed E-state index contributed by atoms with van der Waals surface area (Å²) in [4.78, 5) is 4.62. The van der Waals surface area contributed by atoms with Gasteiger partial charge in [-0.1, -0.05) is 0 Å². The predicted molar refractivity (Wildman–Crippen MR) is 92.9 cm³/mol. The number of hydrogen-bond acceptors (Lipinski definition) is 6. The fourth-order valence-electron chi connectivity index (χ4n) is 2.79. The van der Waals surface area contributed by atoms with E-state index >= 15 is 0 Å². The lowest BCUT2D eigenvalue weighted by Gasteiger charge is -2.37. The van der Waals surface area contributed by atoms with Crippen LogP contribution in [0.4, 0.5) is 11.4 Å². The maximum absolute atomic E-state index is 9.07. The highest BCUT2D eigenvalue weighted by Gasteiger charge is 2.21. The van der Waals surface area contributed by atoms with Crippen LogP contribution in [0.1, 0.15) is 12.8 Å². The van der Waals surface area contributed by atoms with Gasteiger partial charge in [0.1, 0.15) is 23.9 Å². The van der Waals surface area contributed by atoms with Gasteiger partial charge in [-0.3, -0.25) is 0 Å². The zero-order chi connectivity index (χ0) is 17.5. The molecule has 2 rings (SSSR count). The minimum atomic E-state index is -0.216. The smallest absolute Gasteiger partial charge is 0.163 e. The van der Waals surface area contributed by atoms with Crippen molar-refractivity contribution in [1.29, 1.82) is 15.8 Å². The van der Waals surface area contributed by atoms with Crippen LogP contribution in [0.2, 0.25) is 0 Å². The monoisotopic (exact) mass is 320 g/mol. The van der Waals surface area contributed by atoms with Crippen LogP contribution in [0.3, 0.4) is 0 Å². The molecular formula is C18H20N6. The molecule has 0 saturated carbocycles. The number of rotatable bonds is 4. The largest absolute Gasteiger partial charge is 0.370 e. The molecule has 1 aliphatic heterocycles. The van der Waals surface area contributed by atoms with Crippen LogP contribution in [-0.4, -0.2) is 38.1 Å². The number of nitrogens with zero attached hydrogens (tertiary/aromatic N) is 5. The Kier molecular flexibility index (Phi) is 5.79. The average Bonchev–Trinajstić information content (AvgIpc) is 2.62. The standard InChI is InChI=1S/C18H20N6/c1-23(2)17-4-3-9-24(13-17)16-7-5-15(6-8-16)22-18(12-21)14(10-19)11-20/h5-8,17,22H,3-4,9,13H2,1-2H3. The van der Waals surface area contributed by atoms with Crippen LogP contribution in [0.15, 0.2) is 35.5 Å². The number of benzene rings is 1. The highest BCUT2D eigenvalue weighted by atomic mass is 15.2. The van der Waals surface area contributed by atoms with Crippen molar-refractivity contribution in [2.75, 3.05) is 37.4 Å². The SMILES string of the molecule is CN(C)C1CCCN(c2ccc(NC(C#N)=C(C#N)C#N)cc2)C1. The van der Waals surface area contributed by atoms with Crippen molar-refractivity contribution in [1.82, 2.24) is 4.90 Å². The van der Waals surface area contributed by atoms with Crippen molar-refractivity contribution in [2.45, 2.75) is 18.9 Å². The summed E-state index contributed by atoms with van der Waals surface area (Å²) in [5.74, 6) is 0. The molecule has 0 aliphatic carbocycles. The number of allylic oxidation sites excluding steroid dienone is 2. The topological polar surface area (TPSA) is 89.9 Å². The van der Waals surface area contributed by atoms with Gasteiger partial charge < -0.3 is 15.1 Å². The molecule has 1 aromatic rings. The van der Waals surface area contributed by atoms with Crippen LogP contribution in [0.5, 0.6) is 0 Å². The van der Waals surface area contributed by atoms with Crippen molar-refractivity contribution >= 4 is 11.4 Å². The zero-order valence-electron chi connectivity index (χ0n) is 14.0. The molecule has 1 aliphatic rings. The van der Waals surface area contributed by atoms with Gasteiger partial charge in [0, 0.05) is 30.5 Å². The molecule has 0 aromatic heterocycles. The van der Waals surface area contributed by atoms with Crippen molar-refractivity contribution in [3.63, 3.8) is 0 Å². The molecule has 1 atom stereocenters. The van der Waals surface area contributed by atoms with Gasteiger partial charge >= 0.3 is 0 Å². The molecule has 6 nitrogen and oxygen atoms in total. The Morgan fingerprint density at radius 1 is 1.12 bits per heavy atom. The first-order chi connectivity index (χ1) is 11.6. The van der Waals surface area contributed by atoms with Crippen molar-refractivity contribution < 1.29 is 0 Å². The molecule has 0 bridgehead atoms. The fourth-order valence-corrected chi connectivity index (χ4v) is 2.79. The number of nitriles is 3. The van der Waals surface area contributed by atoms with E-state index in [4.69, 9.17) is 15.8 Å². The Morgan fingerprint density at radius 2 is 1.79 bits per heavy atom. The van der Waals surface area contributed by atoms with E-state index in [2.05, 4.69) is 29.2 Å². The summed E-state index contributed by atoms with van der Waals surface area (Å²) < 4.78 is 0. The van der Waals surface area contributed by atoms with Gasteiger partial charge in [-0.05, 0) is 51.2 Å². The van der Waals surface area contributed by atoms with E-state index < -0.39 is 0 Å². The normalized spacial score (nSPS) is 16.7. The molecule has 0 radical (unpaired) electrons. The number of anilines is 2. The first-order valence-corrected chi connectivity index (χ1v) is 7.82. The van der Waals surface area contributed by atoms with Crippen molar-refractivity contribution in [2.24, 2.45) is 0 Å².